The minimum absolute atomic E-state index is 0.0759. The number of morpholine rings is 1. The molecule has 0 unspecified atom stereocenters. The highest BCUT2D eigenvalue weighted by molar-refractivity contribution is 4.71. The maximum atomic E-state index is 5.67. The third kappa shape index (κ3) is 4.07. The van der Waals surface area contributed by atoms with Crippen molar-refractivity contribution in [2.45, 2.75) is 40.0 Å². The Balaban J connectivity index is 2.27. The SMILES string of the molecule is C[C@@H]1NCCO[C@H]1OCC(C)(C)C. The van der Waals surface area contributed by atoms with Crippen molar-refractivity contribution >= 4 is 0 Å². The summed E-state index contributed by atoms with van der Waals surface area (Å²) in [6, 6.07) is 0.302. The van der Waals surface area contributed by atoms with E-state index >= 15 is 0 Å². The summed E-state index contributed by atoms with van der Waals surface area (Å²) in [7, 11) is 0. The molecule has 78 valence electrons. The molecule has 0 amide bonds. The van der Waals surface area contributed by atoms with Crippen LogP contribution in [0.1, 0.15) is 27.7 Å². The van der Waals surface area contributed by atoms with Gasteiger partial charge in [0.15, 0.2) is 6.29 Å². The molecule has 2 atom stereocenters. The number of ether oxygens (including phenoxy) is 2. The van der Waals surface area contributed by atoms with Crippen LogP contribution in [-0.4, -0.2) is 32.1 Å². The number of hydrogen-bond acceptors (Lipinski definition) is 3. The number of rotatable bonds is 2. The molecule has 0 bridgehead atoms. The fourth-order valence-electron chi connectivity index (χ4n) is 1.23. The third-order valence-corrected chi connectivity index (χ3v) is 1.94. The van der Waals surface area contributed by atoms with Crippen LogP contribution < -0.4 is 5.32 Å². The molecule has 1 aliphatic rings. The molecule has 13 heavy (non-hydrogen) atoms. The van der Waals surface area contributed by atoms with Gasteiger partial charge in [0.1, 0.15) is 0 Å². The zero-order valence-electron chi connectivity index (χ0n) is 9.09. The molecule has 0 saturated carbocycles. The third-order valence-electron chi connectivity index (χ3n) is 1.94. The van der Waals surface area contributed by atoms with Gasteiger partial charge in [-0.3, -0.25) is 0 Å². The summed E-state index contributed by atoms with van der Waals surface area (Å²) in [5.41, 5.74) is 0.209. The van der Waals surface area contributed by atoms with Crippen LogP contribution in [-0.2, 0) is 9.47 Å². The van der Waals surface area contributed by atoms with E-state index in [1.54, 1.807) is 0 Å². The maximum absolute atomic E-state index is 5.67. The topological polar surface area (TPSA) is 30.5 Å². The molecule has 0 aromatic rings. The molecule has 0 aromatic heterocycles. The van der Waals surface area contributed by atoms with Crippen LogP contribution >= 0.6 is 0 Å². The van der Waals surface area contributed by atoms with Gasteiger partial charge in [0, 0.05) is 6.54 Å². The van der Waals surface area contributed by atoms with Gasteiger partial charge in [0.25, 0.3) is 0 Å². The first-order chi connectivity index (χ1) is 5.99. The van der Waals surface area contributed by atoms with E-state index < -0.39 is 0 Å². The van der Waals surface area contributed by atoms with Crippen molar-refractivity contribution in [3.8, 4) is 0 Å². The first kappa shape index (κ1) is 11.0. The molecule has 0 aliphatic carbocycles. The van der Waals surface area contributed by atoms with Crippen LogP contribution in [0.15, 0.2) is 0 Å². The van der Waals surface area contributed by atoms with Gasteiger partial charge in [-0.15, -0.1) is 0 Å². The van der Waals surface area contributed by atoms with Crippen molar-refractivity contribution in [3.05, 3.63) is 0 Å². The predicted octanol–water partition coefficient (Wildman–Crippen LogP) is 1.38. The van der Waals surface area contributed by atoms with Crippen LogP contribution in [0.25, 0.3) is 0 Å². The molecule has 1 N–H and O–H groups in total. The second-order valence-electron chi connectivity index (χ2n) is 4.85. The Bertz CT molecular complexity index is 153. The molecule has 1 saturated heterocycles. The molecule has 3 heteroatoms. The molecular weight excluding hydrogens is 166 g/mol. The van der Waals surface area contributed by atoms with E-state index in [-0.39, 0.29) is 11.7 Å². The van der Waals surface area contributed by atoms with Crippen LogP contribution in [0.3, 0.4) is 0 Å². The Kier molecular flexibility index (Phi) is 3.71. The van der Waals surface area contributed by atoms with E-state index in [2.05, 4.69) is 33.0 Å². The number of nitrogens with one attached hydrogen (secondary N) is 1. The van der Waals surface area contributed by atoms with Gasteiger partial charge in [-0.25, -0.2) is 0 Å². The number of hydrogen-bond donors (Lipinski definition) is 1. The van der Waals surface area contributed by atoms with Gasteiger partial charge >= 0.3 is 0 Å². The van der Waals surface area contributed by atoms with Crippen molar-refractivity contribution in [2.24, 2.45) is 5.41 Å². The molecule has 1 aliphatic heterocycles. The molecule has 1 heterocycles. The normalized spacial score (nSPS) is 30.5. The Morgan fingerprint density at radius 3 is 2.69 bits per heavy atom. The Labute approximate surface area is 80.8 Å². The maximum Gasteiger partial charge on any atom is 0.172 e. The van der Waals surface area contributed by atoms with Crippen molar-refractivity contribution in [3.63, 3.8) is 0 Å². The highest BCUT2D eigenvalue weighted by Crippen LogP contribution is 2.16. The highest BCUT2D eigenvalue weighted by atomic mass is 16.7. The van der Waals surface area contributed by atoms with E-state index in [4.69, 9.17) is 9.47 Å². The lowest BCUT2D eigenvalue weighted by molar-refractivity contribution is -0.184. The van der Waals surface area contributed by atoms with E-state index in [0.29, 0.717) is 6.04 Å². The largest absolute Gasteiger partial charge is 0.350 e. The fraction of sp³-hybridized carbons (Fsp3) is 1.00. The van der Waals surface area contributed by atoms with Gasteiger partial charge in [0.05, 0.1) is 19.3 Å². The quantitative estimate of drug-likeness (QED) is 0.708. The highest BCUT2D eigenvalue weighted by Gasteiger charge is 2.23. The second kappa shape index (κ2) is 4.40. The zero-order chi connectivity index (χ0) is 9.90. The molecule has 1 rings (SSSR count). The fourth-order valence-corrected chi connectivity index (χ4v) is 1.23. The van der Waals surface area contributed by atoms with Gasteiger partial charge in [0.2, 0.25) is 0 Å². The van der Waals surface area contributed by atoms with Gasteiger partial charge < -0.3 is 14.8 Å². The van der Waals surface area contributed by atoms with Crippen molar-refractivity contribution in [1.82, 2.24) is 5.32 Å². The lowest BCUT2D eigenvalue weighted by Gasteiger charge is -2.32. The molecule has 3 nitrogen and oxygen atoms in total. The Hall–Kier alpha value is -0.120. The zero-order valence-corrected chi connectivity index (χ0v) is 9.09. The average Bonchev–Trinajstić information content (AvgIpc) is 2.01. The Morgan fingerprint density at radius 1 is 1.46 bits per heavy atom. The minimum Gasteiger partial charge on any atom is -0.350 e. The Morgan fingerprint density at radius 2 is 2.15 bits per heavy atom. The van der Waals surface area contributed by atoms with E-state index in [1.807, 2.05) is 0 Å². The summed E-state index contributed by atoms with van der Waals surface area (Å²) in [5, 5.41) is 3.32. The summed E-state index contributed by atoms with van der Waals surface area (Å²) < 4.78 is 11.2. The summed E-state index contributed by atoms with van der Waals surface area (Å²) >= 11 is 0. The molecule has 1 fully saturated rings. The summed E-state index contributed by atoms with van der Waals surface area (Å²) in [6.07, 6.45) is -0.0759. The van der Waals surface area contributed by atoms with Crippen molar-refractivity contribution < 1.29 is 9.47 Å². The van der Waals surface area contributed by atoms with Gasteiger partial charge in [-0.2, -0.15) is 0 Å². The van der Waals surface area contributed by atoms with E-state index in [9.17, 15) is 0 Å². The average molecular weight is 187 g/mol. The van der Waals surface area contributed by atoms with E-state index in [0.717, 1.165) is 19.8 Å². The minimum atomic E-state index is -0.0759. The lowest BCUT2D eigenvalue weighted by Crippen LogP contribution is -2.48. The van der Waals surface area contributed by atoms with Crippen molar-refractivity contribution in [2.75, 3.05) is 19.8 Å². The van der Waals surface area contributed by atoms with Crippen LogP contribution in [0, 0.1) is 5.41 Å². The van der Waals surface area contributed by atoms with Crippen LogP contribution in [0.2, 0.25) is 0 Å². The molecule has 0 aromatic carbocycles. The summed E-state index contributed by atoms with van der Waals surface area (Å²) in [5.74, 6) is 0. The van der Waals surface area contributed by atoms with Gasteiger partial charge in [-0.1, -0.05) is 20.8 Å². The van der Waals surface area contributed by atoms with E-state index in [1.165, 1.54) is 0 Å². The summed E-state index contributed by atoms with van der Waals surface area (Å²) in [4.78, 5) is 0. The molecule has 0 spiro atoms. The monoisotopic (exact) mass is 187 g/mol. The predicted molar refractivity (Wildman–Crippen MR) is 52.6 cm³/mol. The first-order valence-electron chi connectivity index (χ1n) is 4.96. The van der Waals surface area contributed by atoms with Crippen LogP contribution in [0.5, 0.6) is 0 Å². The lowest BCUT2D eigenvalue weighted by atomic mass is 9.99. The molecule has 0 radical (unpaired) electrons. The molecular formula is C10H21NO2. The van der Waals surface area contributed by atoms with Crippen molar-refractivity contribution in [1.29, 1.82) is 0 Å². The smallest absolute Gasteiger partial charge is 0.172 e. The summed E-state index contributed by atoms with van der Waals surface area (Å²) in [6.45, 7) is 11.0. The standard InChI is InChI=1S/C10H21NO2/c1-8-9(12-6-5-11-8)13-7-10(2,3)4/h8-9,11H,5-7H2,1-4H3/t8-,9-/m0/s1. The first-order valence-corrected chi connectivity index (χ1v) is 4.96. The van der Waals surface area contributed by atoms with Crippen LogP contribution in [0.4, 0.5) is 0 Å². The van der Waals surface area contributed by atoms with Gasteiger partial charge in [-0.05, 0) is 12.3 Å². The second-order valence-corrected chi connectivity index (χ2v) is 4.85.